The number of amides is 1. The molecule has 0 aromatic carbocycles. The molecule has 7 nitrogen and oxygen atoms in total. The van der Waals surface area contributed by atoms with Crippen LogP contribution in [0.3, 0.4) is 0 Å². The number of carbonyl (C=O) groups excluding carboxylic acids is 1. The zero-order valence-corrected chi connectivity index (χ0v) is 19.8. The highest BCUT2D eigenvalue weighted by molar-refractivity contribution is 5.94. The summed E-state index contributed by atoms with van der Waals surface area (Å²) >= 11 is 0. The maximum absolute atomic E-state index is 14.4. The fourth-order valence-electron chi connectivity index (χ4n) is 5.18. The molecule has 36 heavy (non-hydrogen) atoms. The first-order chi connectivity index (χ1) is 17.1. The Balaban J connectivity index is 1.43. The van der Waals surface area contributed by atoms with E-state index in [0.29, 0.717) is 45.4 Å². The minimum atomic E-state index is -4.98. The summed E-state index contributed by atoms with van der Waals surface area (Å²) in [4.78, 5) is 23.6. The smallest absolute Gasteiger partial charge is 0.338 e. The summed E-state index contributed by atoms with van der Waals surface area (Å²) in [6.45, 7) is 5.73. The van der Waals surface area contributed by atoms with Gasteiger partial charge < -0.3 is 9.47 Å². The molecule has 0 N–H and O–H groups in total. The van der Waals surface area contributed by atoms with Gasteiger partial charge in [-0.1, -0.05) is 12.7 Å². The standard InChI is InChI=1S/C25H26F4N6O/c1-3-17-5-13-35(20(17)14-31-2)24(8-9-30)15-34(16-24)18-6-11-33(12-7-18)23(36)19-4-10-32-22(21(19)26)25(27,28)29/h3-5,10,13-14,18H,1,6-8,11-12,15-16H2,2H3. The van der Waals surface area contributed by atoms with Crippen LogP contribution in [0.15, 0.2) is 36.1 Å². The zero-order chi connectivity index (χ0) is 26.1. The molecule has 2 saturated heterocycles. The second-order valence-corrected chi connectivity index (χ2v) is 9.12. The van der Waals surface area contributed by atoms with Crippen LogP contribution in [0.5, 0.6) is 0 Å². The number of alkyl halides is 3. The van der Waals surface area contributed by atoms with E-state index in [-0.39, 0.29) is 6.04 Å². The van der Waals surface area contributed by atoms with Gasteiger partial charge in [-0.05, 0) is 25.0 Å². The molecule has 4 rings (SSSR count). The lowest BCUT2D eigenvalue weighted by molar-refractivity contribution is -0.143. The van der Waals surface area contributed by atoms with Crippen molar-refractivity contribution in [2.24, 2.45) is 4.99 Å². The third-order valence-corrected chi connectivity index (χ3v) is 7.00. The minimum absolute atomic E-state index is 0.145. The molecular formula is C25H26F4N6O. The number of halogens is 4. The molecular weight excluding hydrogens is 476 g/mol. The largest absolute Gasteiger partial charge is 0.436 e. The summed E-state index contributed by atoms with van der Waals surface area (Å²) in [5.74, 6) is -2.41. The van der Waals surface area contributed by atoms with E-state index >= 15 is 0 Å². The molecule has 11 heteroatoms. The number of aliphatic imine (C=N–C) groups is 1. The summed E-state index contributed by atoms with van der Waals surface area (Å²) < 4.78 is 55.4. The van der Waals surface area contributed by atoms with Crippen molar-refractivity contribution in [1.82, 2.24) is 19.4 Å². The van der Waals surface area contributed by atoms with E-state index in [4.69, 9.17) is 0 Å². The number of aromatic nitrogens is 2. The molecule has 0 atom stereocenters. The van der Waals surface area contributed by atoms with E-state index in [0.717, 1.165) is 23.5 Å². The summed E-state index contributed by atoms with van der Waals surface area (Å²) in [5, 5.41) is 9.52. The summed E-state index contributed by atoms with van der Waals surface area (Å²) in [6, 6.07) is 5.37. The van der Waals surface area contributed by atoms with E-state index in [1.807, 2.05) is 12.3 Å². The van der Waals surface area contributed by atoms with E-state index < -0.39 is 34.7 Å². The highest BCUT2D eigenvalue weighted by Gasteiger charge is 2.48. The number of rotatable bonds is 6. The Morgan fingerprint density at radius 3 is 2.61 bits per heavy atom. The molecule has 0 aliphatic carbocycles. The number of nitriles is 1. The van der Waals surface area contributed by atoms with Crippen molar-refractivity contribution in [2.75, 3.05) is 33.2 Å². The van der Waals surface area contributed by atoms with Gasteiger partial charge in [0.15, 0.2) is 11.5 Å². The van der Waals surface area contributed by atoms with Gasteiger partial charge in [0.05, 0.1) is 29.3 Å². The van der Waals surface area contributed by atoms with Gasteiger partial charge in [0.2, 0.25) is 0 Å². The van der Waals surface area contributed by atoms with Crippen molar-refractivity contribution in [3.8, 4) is 6.07 Å². The number of likely N-dealkylation sites (tertiary alicyclic amines) is 2. The molecule has 4 heterocycles. The molecule has 2 aliphatic heterocycles. The van der Waals surface area contributed by atoms with Gasteiger partial charge in [0.25, 0.3) is 5.91 Å². The van der Waals surface area contributed by atoms with E-state index in [1.165, 1.54) is 4.90 Å². The number of hydrogen-bond acceptors (Lipinski definition) is 5. The zero-order valence-electron chi connectivity index (χ0n) is 19.8. The van der Waals surface area contributed by atoms with Crippen LogP contribution in [0.2, 0.25) is 0 Å². The van der Waals surface area contributed by atoms with Gasteiger partial charge in [0.1, 0.15) is 0 Å². The van der Waals surface area contributed by atoms with Crippen LogP contribution >= 0.6 is 0 Å². The lowest BCUT2D eigenvalue weighted by Crippen LogP contribution is -2.66. The molecule has 2 aromatic rings. The number of nitrogens with zero attached hydrogens (tertiary/aromatic N) is 6. The number of carbonyl (C=O) groups is 1. The highest BCUT2D eigenvalue weighted by atomic mass is 19.4. The summed E-state index contributed by atoms with van der Waals surface area (Å²) in [5.41, 5.74) is -0.896. The second-order valence-electron chi connectivity index (χ2n) is 9.12. The second kappa shape index (κ2) is 9.85. The average Bonchev–Trinajstić information content (AvgIpc) is 3.23. The maximum atomic E-state index is 14.4. The minimum Gasteiger partial charge on any atom is -0.338 e. The van der Waals surface area contributed by atoms with Crippen LogP contribution in [0.4, 0.5) is 17.6 Å². The predicted octanol–water partition coefficient (Wildman–Crippen LogP) is 3.96. The van der Waals surface area contributed by atoms with Gasteiger partial charge in [-0.15, -0.1) is 0 Å². The lowest BCUT2D eigenvalue weighted by atomic mass is 9.83. The molecule has 0 spiro atoms. The summed E-state index contributed by atoms with van der Waals surface area (Å²) in [7, 11) is 1.69. The molecule has 2 aromatic heterocycles. The van der Waals surface area contributed by atoms with Crippen LogP contribution in [0, 0.1) is 17.1 Å². The third-order valence-electron chi connectivity index (χ3n) is 7.00. The van der Waals surface area contributed by atoms with Crippen LogP contribution in [0.25, 0.3) is 6.08 Å². The Bertz CT molecular complexity index is 1210. The van der Waals surface area contributed by atoms with E-state index in [2.05, 4.69) is 32.1 Å². The van der Waals surface area contributed by atoms with Gasteiger partial charge in [-0.25, -0.2) is 9.37 Å². The first kappa shape index (κ1) is 25.6. The van der Waals surface area contributed by atoms with Crippen molar-refractivity contribution in [1.29, 1.82) is 5.26 Å². The van der Waals surface area contributed by atoms with Crippen molar-refractivity contribution in [2.45, 2.75) is 37.0 Å². The first-order valence-electron chi connectivity index (χ1n) is 11.5. The Kier molecular flexibility index (Phi) is 7.00. The van der Waals surface area contributed by atoms with Crippen molar-refractivity contribution in [3.05, 3.63) is 59.4 Å². The van der Waals surface area contributed by atoms with Crippen molar-refractivity contribution < 1.29 is 22.4 Å². The van der Waals surface area contributed by atoms with E-state index in [9.17, 15) is 27.6 Å². The van der Waals surface area contributed by atoms with Crippen LogP contribution in [0.1, 0.15) is 46.6 Å². The molecule has 190 valence electrons. The number of hydrogen-bond donors (Lipinski definition) is 0. The normalized spacial score (nSPS) is 18.7. The van der Waals surface area contributed by atoms with Gasteiger partial charge in [-0.2, -0.15) is 18.4 Å². The fraction of sp³-hybridized carbons (Fsp3) is 0.440. The van der Waals surface area contributed by atoms with Crippen LogP contribution in [-0.2, 0) is 11.7 Å². The maximum Gasteiger partial charge on any atom is 0.436 e. The molecule has 2 aliphatic rings. The summed E-state index contributed by atoms with van der Waals surface area (Å²) in [6.07, 6.45) is 2.79. The van der Waals surface area contributed by atoms with Crippen LogP contribution < -0.4 is 0 Å². The van der Waals surface area contributed by atoms with Crippen molar-refractivity contribution in [3.63, 3.8) is 0 Å². The Hall–Kier alpha value is -3.52. The van der Waals surface area contributed by atoms with Gasteiger partial charge >= 0.3 is 6.18 Å². The number of piperidine rings is 1. The van der Waals surface area contributed by atoms with Gasteiger partial charge in [0, 0.05) is 63.4 Å². The molecule has 0 saturated carbocycles. The molecule has 2 fully saturated rings. The average molecular weight is 503 g/mol. The Labute approximate surface area is 206 Å². The van der Waals surface area contributed by atoms with Crippen LogP contribution in [-0.4, -0.2) is 70.7 Å². The van der Waals surface area contributed by atoms with Crippen molar-refractivity contribution >= 4 is 18.2 Å². The Morgan fingerprint density at radius 2 is 2.03 bits per heavy atom. The monoisotopic (exact) mass is 502 g/mol. The van der Waals surface area contributed by atoms with E-state index in [1.54, 1.807) is 19.3 Å². The fourth-order valence-corrected chi connectivity index (χ4v) is 5.18. The molecule has 0 radical (unpaired) electrons. The topological polar surface area (TPSA) is 77.5 Å². The first-order valence-corrected chi connectivity index (χ1v) is 11.5. The third kappa shape index (κ3) is 4.53. The highest BCUT2D eigenvalue weighted by Crippen LogP contribution is 2.38. The molecule has 0 unspecified atom stereocenters. The lowest BCUT2D eigenvalue weighted by Gasteiger charge is -2.55. The quantitative estimate of drug-likeness (QED) is 0.443. The number of pyridine rings is 1. The SMILES string of the molecule is C=Cc1ccn(C2(CC#N)CN(C3CCN(C(=O)c4ccnc(C(F)(F)F)c4F)CC3)C2)c1C=NC. The molecule has 1 amide bonds. The van der Waals surface area contributed by atoms with Gasteiger partial charge in [-0.3, -0.25) is 14.7 Å². The Morgan fingerprint density at radius 1 is 1.33 bits per heavy atom. The molecule has 0 bridgehead atoms. The predicted molar refractivity (Wildman–Crippen MR) is 126 cm³/mol.